The van der Waals surface area contributed by atoms with E-state index in [2.05, 4.69) is 26.5 Å². The number of rotatable bonds is 4. The molecule has 0 bridgehead atoms. The molecular formula is C16H12BrF3N2O2. The van der Waals surface area contributed by atoms with Crippen molar-refractivity contribution in [1.29, 1.82) is 0 Å². The van der Waals surface area contributed by atoms with E-state index in [0.29, 0.717) is 11.3 Å². The fraction of sp³-hybridized carbons (Fsp3) is 0.125. The lowest BCUT2D eigenvalue weighted by Crippen LogP contribution is -2.18. The summed E-state index contributed by atoms with van der Waals surface area (Å²) in [7, 11) is 1.49. The van der Waals surface area contributed by atoms with Gasteiger partial charge in [0.1, 0.15) is 5.75 Å². The quantitative estimate of drug-likeness (QED) is 0.616. The molecule has 0 saturated heterocycles. The molecule has 0 heterocycles. The van der Waals surface area contributed by atoms with E-state index in [-0.39, 0.29) is 5.56 Å². The highest BCUT2D eigenvalue weighted by Gasteiger charge is 2.30. The van der Waals surface area contributed by atoms with Crippen LogP contribution in [0.1, 0.15) is 21.5 Å². The second kappa shape index (κ2) is 7.48. The number of carbonyl (C=O) groups excluding carboxylic acids is 1. The molecule has 0 atom stereocenters. The molecule has 2 aromatic rings. The number of ether oxygens (including phenoxy) is 1. The number of hydrogen-bond acceptors (Lipinski definition) is 3. The summed E-state index contributed by atoms with van der Waals surface area (Å²) in [5, 5.41) is 3.75. The second-order valence-corrected chi connectivity index (χ2v) is 5.58. The zero-order valence-electron chi connectivity index (χ0n) is 12.4. The average Bonchev–Trinajstić information content (AvgIpc) is 2.54. The summed E-state index contributed by atoms with van der Waals surface area (Å²) in [6.07, 6.45) is -3.17. The van der Waals surface area contributed by atoms with Crippen LogP contribution in [0.25, 0.3) is 0 Å². The number of nitrogens with zero attached hydrogens (tertiary/aromatic N) is 1. The third kappa shape index (κ3) is 4.58. The van der Waals surface area contributed by atoms with E-state index in [1.807, 2.05) is 0 Å². The molecular weight excluding hydrogens is 389 g/mol. The maximum absolute atomic E-state index is 12.6. The molecule has 4 nitrogen and oxygen atoms in total. The largest absolute Gasteiger partial charge is 0.496 e. The fourth-order valence-corrected chi connectivity index (χ4v) is 2.25. The molecule has 1 amide bonds. The van der Waals surface area contributed by atoms with Crippen LogP contribution in [0.3, 0.4) is 0 Å². The number of benzene rings is 2. The van der Waals surface area contributed by atoms with Crippen LogP contribution in [0.15, 0.2) is 52.0 Å². The van der Waals surface area contributed by atoms with E-state index in [4.69, 9.17) is 4.74 Å². The Kier molecular flexibility index (Phi) is 5.61. The van der Waals surface area contributed by atoms with Crippen molar-refractivity contribution >= 4 is 28.1 Å². The van der Waals surface area contributed by atoms with Gasteiger partial charge in [0.2, 0.25) is 0 Å². The van der Waals surface area contributed by atoms with Crippen molar-refractivity contribution in [2.24, 2.45) is 5.10 Å². The first kappa shape index (κ1) is 18.0. The van der Waals surface area contributed by atoms with E-state index in [9.17, 15) is 18.0 Å². The number of alkyl halides is 3. The van der Waals surface area contributed by atoms with Crippen LogP contribution in [0.2, 0.25) is 0 Å². The van der Waals surface area contributed by atoms with Crippen molar-refractivity contribution in [3.63, 3.8) is 0 Å². The Morgan fingerprint density at radius 1 is 1.25 bits per heavy atom. The predicted octanol–water partition coefficient (Wildman–Crippen LogP) is 4.24. The zero-order valence-corrected chi connectivity index (χ0v) is 14.0. The predicted molar refractivity (Wildman–Crippen MR) is 87.2 cm³/mol. The number of methoxy groups -OCH3 is 1. The molecule has 1 N–H and O–H groups in total. The Morgan fingerprint density at radius 3 is 2.67 bits per heavy atom. The molecule has 126 valence electrons. The minimum Gasteiger partial charge on any atom is -0.496 e. The van der Waals surface area contributed by atoms with Gasteiger partial charge in [0.25, 0.3) is 5.91 Å². The maximum Gasteiger partial charge on any atom is 0.416 e. The minimum atomic E-state index is -4.51. The highest BCUT2D eigenvalue weighted by atomic mass is 79.9. The lowest BCUT2D eigenvalue weighted by Gasteiger charge is -2.08. The van der Waals surface area contributed by atoms with Gasteiger partial charge in [-0.2, -0.15) is 18.3 Å². The summed E-state index contributed by atoms with van der Waals surface area (Å²) in [5.74, 6) is -0.207. The number of hydrogen-bond donors (Lipinski definition) is 1. The highest BCUT2D eigenvalue weighted by molar-refractivity contribution is 9.10. The van der Waals surface area contributed by atoms with Crippen LogP contribution in [0.5, 0.6) is 5.75 Å². The molecule has 0 saturated carbocycles. The third-order valence-electron chi connectivity index (χ3n) is 3.01. The number of nitrogens with one attached hydrogen (secondary N) is 1. The van der Waals surface area contributed by atoms with E-state index in [1.165, 1.54) is 25.5 Å². The monoisotopic (exact) mass is 400 g/mol. The lowest BCUT2D eigenvalue weighted by atomic mass is 10.1. The molecule has 0 aliphatic heterocycles. The van der Waals surface area contributed by atoms with Gasteiger partial charge in [-0.3, -0.25) is 4.79 Å². The summed E-state index contributed by atoms with van der Waals surface area (Å²) >= 11 is 3.30. The van der Waals surface area contributed by atoms with Crippen molar-refractivity contribution in [3.05, 3.63) is 63.6 Å². The molecule has 0 fully saturated rings. The van der Waals surface area contributed by atoms with E-state index >= 15 is 0 Å². The normalized spacial score (nSPS) is 11.5. The number of carbonyl (C=O) groups is 1. The molecule has 0 aliphatic rings. The Labute approximate surface area is 144 Å². The van der Waals surface area contributed by atoms with Gasteiger partial charge in [0.15, 0.2) is 0 Å². The van der Waals surface area contributed by atoms with Crippen molar-refractivity contribution in [3.8, 4) is 5.75 Å². The van der Waals surface area contributed by atoms with Gasteiger partial charge < -0.3 is 4.74 Å². The topological polar surface area (TPSA) is 50.7 Å². The smallest absolute Gasteiger partial charge is 0.416 e. The summed E-state index contributed by atoms with van der Waals surface area (Å²) in [5.41, 5.74) is 1.75. The molecule has 8 heteroatoms. The first-order valence-corrected chi connectivity index (χ1v) is 7.45. The van der Waals surface area contributed by atoms with Crippen molar-refractivity contribution in [1.82, 2.24) is 5.43 Å². The first-order valence-electron chi connectivity index (χ1n) is 6.65. The van der Waals surface area contributed by atoms with Gasteiger partial charge >= 0.3 is 6.18 Å². The Balaban J connectivity index is 2.12. The molecule has 0 radical (unpaired) electrons. The van der Waals surface area contributed by atoms with Crippen LogP contribution < -0.4 is 10.2 Å². The highest BCUT2D eigenvalue weighted by Crippen LogP contribution is 2.29. The summed E-state index contributed by atoms with van der Waals surface area (Å²) in [6.45, 7) is 0. The average molecular weight is 401 g/mol. The zero-order chi connectivity index (χ0) is 17.7. The standard InChI is InChI=1S/C16H12BrF3N2O2/c1-24-14-6-5-13(17)8-11(14)9-21-22-15(23)10-3-2-4-12(7-10)16(18,19)20/h2-9H,1H3,(H,22,23)/b21-9-. The summed E-state index contributed by atoms with van der Waals surface area (Å²) < 4.78 is 43.9. The molecule has 2 aromatic carbocycles. The van der Waals surface area contributed by atoms with Crippen LogP contribution >= 0.6 is 15.9 Å². The molecule has 0 aliphatic carbocycles. The maximum atomic E-state index is 12.6. The fourth-order valence-electron chi connectivity index (χ4n) is 1.87. The van der Waals surface area contributed by atoms with Gasteiger partial charge in [0, 0.05) is 15.6 Å². The molecule has 0 aromatic heterocycles. The first-order chi connectivity index (χ1) is 11.3. The van der Waals surface area contributed by atoms with Gasteiger partial charge in [-0.1, -0.05) is 22.0 Å². The van der Waals surface area contributed by atoms with E-state index < -0.39 is 17.6 Å². The van der Waals surface area contributed by atoms with Gasteiger partial charge in [-0.05, 0) is 36.4 Å². The van der Waals surface area contributed by atoms with Crippen molar-refractivity contribution in [2.75, 3.05) is 7.11 Å². The Bertz CT molecular complexity index is 776. The number of hydrazone groups is 1. The molecule has 0 unspecified atom stereocenters. The van der Waals surface area contributed by atoms with Gasteiger partial charge in [0.05, 0.1) is 18.9 Å². The summed E-state index contributed by atoms with van der Waals surface area (Å²) in [4.78, 5) is 11.9. The van der Waals surface area contributed by atoms with E-state index in [0.717, 1.165) is 16.6 Å². The van der Waals surface area contributed by atoms with Crippen LogP contribution in [-0.2, 0) is 6.18 Å². The Hall–Kier alpha value is -2.35. The molecule has 0 spiro atoms. The van der Waals surface area contributed by atoms with Crippen LogP contribution in [0.4, 0.5) is 13.2 Å². The Morgan fingerprint density at radius 2 is 2.00 bits per heavy atom. The molecule has 2 rings (SSSR count). The van der Waals surface area contributed by atoms with Crippen LogP contribution in [0, 0.1) is 0 Å². The van der Waals surface area contributed by atoms with Crippen molar-refractivity contribution < 1.29 is 22.7 Å². The second-order valence-electron chi connectivity index (χ2n) is 4.66. The summed E-state index contributed by atoms with van der Waals surface area (Å²) in [6, 6.07) is 9.31. The molecule has 24 heavy (non-hydrogen) atoms. The van der Waals surface area contributed by atoms with Gasteiger partial charge in [-0.15, -0.1) is 0 Å². The lowest BCUT2D eigenvalue weighted by molar-refractivity contribution is -0.137. The SMILES string of the molecule is COc1ccc(Br)cc1/C=N\NC(=O)c1cccc(C(F)(F)F)c1. The minimum absolute atomic E-state index is 0.136. The number of amides is 1. The van der Waals surface area contributed by atoms with Crippen LogP contribution in [-0.4, -0.2) is 19.2 Å². The van der Waals surface area contributed by atoms with Crippen molar-refractivity contribution in [2.45, 2.75) is 6.18 Å². The third-order valence-corrected chi connectivity index (χ3v) is 3.51. The number of halogens is 4. The van der Waals surface area contributed by atoms with E-state index in [1.54, 1.807) is 18.2 Å². The van der Waals surface area contributed by atoms with Gasteiger partial charge in [-0.25, -0.2) is 5.43 Å².